The summed E-state index contributed by atoms with van der Waals surface area (Å²) in [6, 6.07) is 9.10. The number of rotatable bonds is 2. The van der Waals surface area contributed by atoms with Gasteiger partial charge in [0, 0.05) is 24.5 Å². The highest BCUT2D eigenvalue weighted by Gasteiger charge is 2.26. The monoisotopic (exact) mass is 334 g/mol. The van der Waals surface area contributed by atoms with Crippen molar-refractivity contribution in [2.75, 3.05) is 22.9 Å². The first-order valence-corrected chi connectivity index (χ1v) is 9.19. The van der Waals surface area contributed by atoms with E-state index in [2.05, 4.69) is 82.2 Å². The second-order valence-corrected chi connectivity index (χ2v) is 7.57. The zero-order valence-corrected chi connectivity index (χ0v) is 16.5. The first-order valence-electron chi connectivity index (χ1n) is 9.19. The number of hydrogen-bond donors (Lipinski definition) is 0. The molecule has 0 aromatic heterocycles. The summed E-state index contributed by atoms with van der Waals surface area (Å²) in [6.07, 6.45) is 1.14. The van der Waals surface area contributed by atoms with Crippen LogP contribution in [0.3, 0.4) is 0 Å². The fourth-order valence-electron chi connectivity index (χ4n) is 4.47. The molecule has 0 N–H and O–H groups in total. The molecule has 0 radical (unpaired) electrons. The second-order valence-electron chi connectivity index (χ2n) is 7.57. The van der Waals surface area contributed by atoms with E-state index in [1.807, 2.05) is 0 Å². The Labute approximate surface area is 152 Å². The smallest absolute Gasteiger partial charge is 0.106 e. The van der Waals surface area contributed by atoms with E-state index in [0.717, 1.165) is 25.3 Å². The number of aryl methyl sites for hydroxylation is 6. The van der Waals surface area contributed by atoms with E-state index in [-0.39, 0.29) is 0 Å². The van der Waals surface area contributed by atoms with Crippen LogP contribution in [0.1, 0.15) is 39.8 Å². The van der Waals surface area contributed by atoms with Crippen molar-refractivity contribution >= 4 is 11.4 Å². The molecule has 132 valence electrons. The number of benzene rings is 2. The third-order valence-electron chi connectivity index (χ3n) is 5.20. The zero-order valence-electron chi connectivity index (χ0n) is 16.5. The van der Waals surface area contributed by atoms with E-state index in [1.165, 1.54) is 44.8 Å². The van der Waals surface area contributed by atoms with Crippen LogP contribution in [0.15, 0.2) is 36.7 Å². The van der Waals surface area contributed by atoms with Crippen molar-refractivity contribution in [1.82, 2.24) is 0 Å². The molecule has 0 amide bonds. The standard InChI is InChI=1S/C23H30N2/c1-15-11-17(3)22(18(4)12-15)24-9-8-10-25(21(24)7)23-19(5)13-16(2)14-20(23)6/h11-14H,7-10H2,1-6H3. The van der Waals surface area contributed by atoms with Crippen molar-refractivity contribution in [2.45, 2.75) is 48.0 Å². The Hall–Kier alpha value is -2.22. The normalized spacial score (nSPS) is 15.0. The molecule has 0 saturated carbocycles. The van der Waals surface area contributed by atoms with Gasteiger partial charge in [-0.1, -0.05) is 42.0 Å². The summed E-state index contributed by atoms with van der Waals surface area (Å²) in [7, 11) is 0. The Morgan fingerprint density at radius 1 is 0.640 bits per heavy atom. The molecule has 1 saturated heterocycles. The predicted molar refractivity (Wildman–Crippen MR) is 110 cm³/mol. The van der Waals surface area contributed by atoms with Gasteiger partial charge in [0.15, 0.2) is 0 Å². The lowest BCUT2D eigenvalue weighted by molar-refractivity contribution is 0.679. The van der Waals surface area contributed by atoms with Gasteiger partial charge in [0.05, 0.1) is 0 Å². The van der Waals surface area contributed by atoms with Crippen molar-refractivity contribution in [3.63, 3.8) is 0 Å². The summed E-state index contributed by atoms with van der Waals surface area (Å²) >= 11 is 0. The summed E-state index contributed by atoms with van der Waals surface area (Å²) < 4.78 is 0. The van der Waals surface area contributed by atoms with Crippen molar-refractivity contribution in [3.05, 3.63) is 70.0 Å². The van der Waals surface area contributed by atoms with Crippen LogP contribution in [-0.2, 0) is 0 Å². The molecule has 2 nitrogen and oxygen atoms in total. The Bertz CT molecular complexity index is 718. The van der Waals surface area contributed by atoms with Crippen LogP contribution in [0, 0.1) is 41.5 Å². The van der Waals surface area contributed by atoms with E-state index in [9.17, 15) is 0 Å². The molecule has 25 heavy (non-hydrogen) atoms. The van der Waals surface area contributed by atoms with Crippen LogP contribution in [0.4, 0.5) is 11.4 Å². The van der Waals surface area contributed by atoms with E-state index >= 15 is 0 Å². The Balaban J connectivity index is 2.04. The summed E-state index contributed by atoms with van der Waals surface area (Å²) in [5.41, 5.74) is 10.6. The van der Waals surface area contributed by atoms with Crippen LogP contribution in [0.25, 0.3) is 0 Å². The van der Waals surface area contributed by atoms with Gasteiger partial charge in [-0.2, -0.15) is 0 Å². The molecular weight excluding hydrogens is 304 g/mol. The Morgan fingerprint density at radius 3 is 1.28 bits per heavy atom. The molecule has 0 spiro atoms. The van der Waals surface area contributed by atoms with Gasteiger partial charge in [-0.25, -0.2) is 0 Å². The molecule has 2 aromatic rings. The van der Waals surface area contributed by atoms with Gasteiger partial charge in [-0.3, -0.25) is 0 Å². The number of hydrogen-bond acceptors (Lipinski definition) is 2. The van der Waals surface area contributed by atoms with Gasteiger partial charge in [0.2, 0.25) is 0 Å². The third kappa shape index (κ3) is 3.18. The molecule has 0 aliphatic carbocycles. The van der Waals surface area contributed by atoms with Crippen LogP contribution in [0.5, 0.6) is 0 Å². The lowest BCUT2D eigenvalue weighted by Gasteiger charge is -2.42. The molecule has 1 fully saturated rings. The summed E-state index contributed by atoms with van der Waals surface area (Å²) in [5, 5.41) is 0. The van der Waals surface area contributed by atoms with Crippen molar-refractivity contribution in [3.8, 4) is 0 Å². The molecule has 3 rings (SSSR count). The van der Waals surface area contributed by atoms with Gasteiger partial charge in [-0.05, 0) is 70.2 Å². The summed E-state index contributed by atoms with van der Waals surface area (Å²) in [6.45, 7) is 19.7. The fraction of sp³-hybridized carbons (Fsp3) is 0.391. The van der Waals surface area contributed by atoms with Gasteiger partial charge in [0.25, 0.3) is 0 Å². The van der Waals surface area contributed by atoms with Crippen molar-refractivity contribution in [2.24, 2.45) is 0 Å². The van der Waals surface area contributed by atoms with Gasteiger partial charge in [-0.15, -0.1) is 0 Å². The van der Waals surface area contributed by atoms with Crippen LogP contribution < -0.4 is 9.80 Å². The maximum Gasteiger partial charge on any atom is 0.106 e. The molecule has 1 aliphatic rings. The molecule has 2 heteroatoms. The average molecular weight is 335 g/mol. The lowest BCUT2D eigenvalue weighted by atomic mass is 10.0. The summed E-state index contributed by atoms with van der Waals surface area (Å²) in [5.74, 6) is 1.09. The highest BCUT2D eigenvalue weighted by molar-refractivity contribution is 5.70. The third-order valence-corrected chi connectivity index (χ3v) is 5.20. The molecular formula is C23H30N2. The molecule has 0 unspecified atom stereocenters. The topological polar surface area (TPSA) is 6.48 Å². The van der Waals surface area contributed by atoms with E-state index in [1.54, 1.807) is 0 Å². The lowest BCUT2D eigenvalue weighted by Crippen LogP contribution is -2.43. The minimum absolute atomic E-state index is 1.03. The maximum atomic E-state index is 4.49. The van der Waals surface area contributed by atoms with E-state index < -0.39 is 0 Å². The van der Waals surface area contributed by atoms with E-state index in [0.29, 0.717) is 0 Å². The average Bonchev–Trinajstić information content (AvgIpc) is 2.48. The van der Waals surface area contributed by atoms with Crippen LogP contribution in [0.2, 0.25) is 0 Å². The van der Waals surface area contributed by atoms with E-state index in [4.69, 9.17) is 0 Å². The molecule has 2 aromatic carbocycles. The number of anilines is 2. The quantitative estimate of drug-likeness (QED) is 0.692. The molecule has 0 atom stereocenters. The highest BCUT2D eigenvalue weighted by atomic mass is 15.4. The van der Waals surface area contributed by atoms with Crippen molar-refractivity contribution < 1.29 is 0 Å². The molecule has 1 heterocycles. The van der Waals surface area contributed by atoms with Crippen molar-refractivity contribution in [1.29, 1.82) is 0 Å². The predicted octanol–water partition coefficient (Wildman–Crippen LogP) is 5.73. The van der Waals surface area contributed by atoms with Crippen LogP contribution >= 0.6 is 0 Å². The summed E-state index contributed by atoms with van der Waals surface area (Å²) in [4.78, 5) is 4.82. The number of nitrogens with zero attached hydrogens (tertiary/aromatic N) is 2. The Morgan fingerprint density at radius 2 is 0.960 bits per heavy atom. The van der Waals surface area contributed by atoms with Gasteiger partial charge in [0.1, 0.15) is 5.82 Å². The highest BCUT2D eigenvalue weighted by Crippen LogP contribution is 2.36. The largest absolute Gasteiger partial charge is 0.328 e. The van der Waals surface area contributed by atoms with Crippen LogP contribution in [-0.4, -0.2) is 13.1 Å². The minimum Gasteiger partial charge on any atom is -0.328 e. The van der Waals surface area contributed by atoms with Gasteiger partial charge < -0.3 is 9.80 Å². The first-order chi connectivity index (χ1) is 11.8. The first kappa shape index (κ1) is 17.6. The maximum absolute atomic E-state index is 4.49. The minimum atomic E-state index is 1.03. The fourth-order valence-corrected chi connectivity index (χ4v) is 4.47. The Kier molecular flexibility index (Phi) is 4.64. The molecule has 0 bridgehead atoms. The SMILES string of the molecule is C=C1N(c2c(C)cc(C)cc2C)CCCN1c1c(C)cc(C)cc1C. The second kappa shape index (κ2) is 6.59. The zero-order chi connectivity index (χ0) is 18.3. The molecule has 1 aliphatic heterocycles. The van der Waals surface area contributed by atoms with Gasteiger partial charge >= 0.3 is 0 Å².